The molecule has 14 heavy (non-hydrogen) atoms. The van der Waals surface area contributed by atoms with Crippen LogP contribution < -0.4 is 5.43 Å². The van der Waals surface area contributed by atoms with Crippen molar-refractivity contribution in [3.8, 4) is 0 Å². The highest BCUT2D eigenvalue weighted by Crippen LogP contribution is 2.39. The van der Waals surface area contributed by atoms with Crippen LogP contribution in [0, 0.1) is 5.41 Å². The summed E-state index contributed by atoms with van der Waals surface area (Å²) in [6, 6.07) is 0. The third-order valence-electron chi connectivity index (χ3n) is 3.84. The van der Waals surface area contributed by atoms with E-state index in [1.807, 2.05) is 7.05 Å². The van der Waals surface area contributed by atoms with Crippen LogP contribution in [0.3, 0.4) is 0 Å². The lowest BCUT2D eigenvalue weighted by molar-refractivity contribution is 0.115. The van der Waals surface area contributed by atoms with Gasteiger partial charge in [-0.2, -0.15) is 0 Å². The van der Waals surface area contributed by atoms with Crippen molar-refractivity contribution in [2.24, 2.45) is 5.41 Å². The first kappa shape index (κ1) is 11.1. The Labute approximate surface area is 100 Å². The van der Waals surface area contributed by atoms with Crippen LogP contribution in [0.5, 0.6) is 0 Å². The molecule has 0 amide bonds. The van der Waals surface area contributed by atoms with Crippen molar-refractivity contribution in [2.45, 2.75) is 19.3 Å². The largest absolute Gasteiger partial charge is 0.294 e. The fraction of sp³-hybridized carbons (Fsp3) is 1.00. The van der Waals surface area contributed by atoms with E-state index in [0.29, 0.717) is 5.41 Å². The Hall–Kier alpha value is 0.610. The lowest BCUT2D eigenvalue weighted by Gasteiger charge is -2.38. The molecular formula is C10H20IN3. The highest BCUT2D eigenvalue weighted by atomic mass is 127. The molecule has 2 saturated heterocycles. The number of piperidine rings is 1. The highest BCUT2D eigenvalue weighted by Gasteiger charge is 2.39. The molecule has 2 fully saturated rings. The molecule has 0 saturated carbocycles. The average Bonchev–Trinajstić information content (AvgIpc) is 2.63. The Balaban J connectivity index is 1.87. The summed E-state index contributed by atoms with van der Waals surface area (Å²) in [5.41, 5.74) is 3.92. The zero-order valence-corrected chi connectivity index (χ0v) is 11.1. The zero-order valence-electron chi connectivity index (χ0n) is 8.93. The van der Waals surface area contributed by atoms with Gasteiger partial charge >= 0.3 is 0 Å². The fourth-order valence-corrected chi connectivity index (χ4v) is 3.36. The van der Waals surface area contributed by atoms with Gasteiger partial charge in [-0.25, -0.2) is 5.01 Å². The van der Waals surface area contributed by atoms with Gasteiger partial charge in [-0.15, -0.1) is 0 Å². The van der Waals surface area contributed by atoms with Crippen LogP contribution in [-0.2, 0) is 0 Å². The van der Waals surface area contributed by atoms with Gasteiger partial charge in [-0.1, -0.05) is 22.6 Å². The number of likely N-dealkylation sites (tertiary alicyclic amines) is 1. The molecule has 2 heterocycles. The summed E-state index contributed by atoms with van der Waals surface area (Å²) in [5, 5.41) is 2.37. The topological polar surface area (TPSA) is 18.5 Å². The summed E-state index contributed by atoms with van der Waals surface area (Å²) in [4.78, 5) is 2.56. The molecule has 1 N–H and O–H groups in total. The van der Waals surface area contributed by atoms with Gasteiger partial charge in [0, 0.05) is 13.1 Å². The molecular weight excluding hydrogens is 289 g/mol. The predicted molar refractivity (Wildman–Crippen MR) is 67.4 cm³/mol. The van der Waals surface area contributed by atoms with Crippen LogP contribution in [0.15, 0.2) is 0 Å². The monoisotopic (exact) mass is 309 g/mol. The fourth-order valence-electron chi connectivity index (χ4n) is 2.68. The normalized spacial score (nSPS) is 28.7. The molecule has 0 aromatic rings. The molecule has 82 valence electrons. The van der Waals surface area contributed by atoms with Gasteiger partial charge in [0.05, 0.1) is 4.55 Å². The number of hydrogen-bond donors (Lipinski definition) is 1. The van der Waals surface area contributed by atoms with Gasteiger partial charge in [0.1, 0.15) is 0 Å². The number of nitrogens with one attached hydrogen (secondary N) is 1. The molecule has 0 aromatic carbocycles. The molecule has 0 aliphatic carbocycles. The second kappa shape index (κ2) is 4.63. The molecule has 0 atom stereocenters. The van der Waals surface area contributed by atoms with Gasteiger partial charge in [0.25, 0.3) is 0 Å². The third-order valence-corrected chi connectivity index (χ3v) is 4.81. The molecule has 2 aliphatic rings. The minimum atomic E-state index is 0.644. The lowest BCUT2D eigenvalue weighted by Crippen LogP contribution is -2.42. The molecule has 1 spiro atoms. The summed E-state index contributed by atoms with van der Waals surface area (Å²) in [6.45, 7) is 5.11. The maximum Gasteiger partial charge on any atom is 0.0505 e. The second-order valence-corrected chi connectivity index (χ2v) is 5.31. The van der Waals surface area contributed by atoms with Crippen molar-refractivity contribution >= 4 is 22.6 Å². The standard InChI is InChI=1S/C10H20IN3/c1-12-14-7-4-10(8-14)2-5-13(9-11)6-3-10/h12H,2-9H2,1H3. The number of rotatable bonds is 2. The second-order valence-electron chi connectivity index (χ2n) is 4.63. The summed E-state index contributed by atoms with van der Waals surface area (Å²) < 4.78 is 1.20. The minimum absolute atomic E-state index is 0.644. The number of hydrogen-bond acceptors (Lipinski definition) is 3. The smallest absolute Gasteiger partial charge is 0.0505 e. The van der Waals surface area contributed by atoms with Gasteiger partial charge in [0.2, 0.25) is 0 Å². The summed E-state index contributed by atoms with van der Waals surface area (Å²) >= 11 is 2.47. The van der Waals surface area contributed by atoms with Crippen LogP contribution in [-0.4, -0.2) is 47.7 Å². The molecule has 0 bridgehead atoms. The first-order chi connectivity index (χ1) is 6.78. The third kappa shape index (κ3) is 2.23. The molecule has 2 aliphatic heterocycles. The van der Waals surface area contributed by atoms with Crippen molar-refractivity contribution < 1.29 is 0 Å². The van der Waals surface area contributed by atoms with Crippen molar-refractivity contribution in [2.75, 3.05) is 37.8 Å². The Kier molecular flexibility index (Phi) is 3.68. The van der Waals surface area contributed by atoms with E-state index in [1.165, 1.54) is 50.0 Å². The van der Waals surface area contributed by atoms with Crippen molar-refractivity contribution in [1.82, 2.24) is 15.3 Å². The van der Waals surface area contributed by atoms with Crippen LogP contribution in [0.25, 0.3) is 0 Å². The van der Waals surface area contributed by atoms with Crippen LogP contribution in [0.1, 0.15) is 19.3 Å². The van der Waals surface area contributed by atoms with E-state index in [-0.39, 0.29) is 0 Å². The zero-order chi connectivity index (χ0) is 10.0. The minimum Gasteiger partial charge on any atom is -0.294 e. The molecule has 2 rings (SSSR count). The quantitative estimate of drug-likeness (QED) is 0.471. The highest BCUT2D eigenvalue weighted by molar-refractivity contribution is 14.1. The van der Waals surface area contributed by atoms with E-state index in [4.69, 9.17) is 0 Å². The maximum absolute atomic E-state index is 3.28. The number of alkyl halides is 1. The van der Waals surface area contributed by atoms with Crippen molar-refractivity contribution in [1.29, 1.82) is 0 Å². The molecule has 0 unspecified atom stereocenters. The maximum atomic E-state index is 3.28. The molecule has 0 aromatic heterocycles. The first-order valence-electron chi connectivity index (χ1n) is 5.49. The van der Waals surface area contributed by atoms with E-state index >= 15 is 0 Å². The van der Waals surface area contributed by atoms with E-state index in [9.17, 15) is 0 Å². The van der Waals surface area contributed by atoms with Crippen LogP contribution in [0.4, 0.5) is 0 Å². The van der Waals surface area contributed by atoms with E-state index in [2.05, 4.69) is 37.9 Å². The van der Waals surface area contributed by atoms with Crippen molar-refractivity contribution in [3.63, 3.8) is 0 Å². The van der Waals surface area contributed by atoms with Gasteiger partial charge < -0.3 is 0 Å². The summed E-state index contributed by atoms with van der Waals surface area (Å²) in [7, 11) is 2.04. The van der Waals surface area contributed by atoms with E-state index in [0.717, 1.165) is 0 Å². The Morgan fingerprint density at radius 3 is 2.36 bits per heavy atom. The Morgan fingerprint density at radius 2 is 1.86 bits per heavy atom. The van der Waals surface area contributed by atoms with Crippen LogP contribution in [0.2, 0.25) is 0 Å². The number of hydrazine groups is 1. The molecule has 3 nitrogen and oxygen atoms in total. The first-order valence-corrected chi connectivity index (χ1v) is 7.01. The average molecular weight is 309 g/mol. The van der Waals surface area contributed by atoms with E-state index in [1.54, 1.807) is 0 Å². The summed E-state index contributed by atoms with van der Waals surface area (Å²) in [5.74, 6) is 0. The Bertz CT molecular complexity index is 190. The van der Waals surface area contributed by atoms with Crippen molar-refractivity contribution in [3.05, 3.63) is 0 Å². The van der Waals surface area contributed by atoms with E-state index < -0.39 is 0 Å². The van der Waals surface area contributed by atoms with Gasteiger partial charge in [0.15, 0.2) is 0 Å². The van der Waals surface area contributed by atoms with Gasteiger partial charge in [-0.05, 0) is 44.8 Å². The molecule has 4 heteroatoms. The lowest BCUT2D eigenvalue weighted by atomic mass is 9.78. The van der Waals surface area contributed by atoms with Gasteiger partial charge in [-0.3, -0.25) is 10.3 Å². The Morgan fingerprint density at radius 1 is 1.21 bits per heavy atom. The SMILES string of the molecule is CNN1CCC2(CCN(CI)CC2)C1. The predicted octanol–water partition coefficient (Wildman–Crippen LogP) is 1.30. The molecule has 0 radical (unpaired) electrons. The number of nitrogens with zero attached hydrogens (tertiary/aromatic N) is 2. The summed E-state index contributed by atoms with van der Waals surface area (Å²) in [6.07, 6.45) is 4.19. The van der Waals surface area contributed by atoms with Crippen LogP contribution >= 0.6 is 22.6 Å². The number of halogens is 1.